The molecule has 2 aromatic rings. The Morgan fingerprint density at radius 3 is 2.94 bits per heavy atom. The number of rotatable bonds is 3. The second-order valence-electron chi connectivity index (χ2n) is 3.50. The number of oxazole rings is 1. The van der Waals surface area contributed by atoms with Crippen molar-refractivity contribution in [3.63, 3.8) is 0 Å². The fourth-order valence-electron chi connectivity index (χ4n) is 1.24. The normalized spacial score (nSPS) is 12.4. The standard InChI is InChI=1S/C11H12FN3O/c1-7(13)10-6-16-11(15-10)14-9-4-2-3-8(12)5-9/h2-7H,13H2,1H3,(H,14,15). The molecule has 0 spiro atoms. The lowest BCUT2D eigenvalue weighted by Crippen LogP contribution is -2.05. The summed E-state index contributed by atoms with van der Waals surface area (Å²) in [5.41, 5.74) is 6.87. The van der Waals surface area contributed by atoms with Crippen molar-refractivity contribution in [3.05, 3.63) is 42.0 Å². The second-order valence-corrected chi connectivity index (χ2v) is 3.50. The number of benzene rings is 1. The van der Waals surface area contributed by atoms with E-state index in [9.17, 15) is 4.39 Å². The quantitative estimate of drug-likeness (QED) is 0.836. The molecule has 1 unspecified atom stereocenters. The maximum absolute atomic E-state index is 12.9. The Hall–Kier alpha value is -1.88. The molecule has 16 heavy (non-hydrogen) atoms. The topological polar surface area (TPSA) is 64.1 Å². The molecule has 0 fully saturated rings. The fourth-order valence-corrected chi connectivity index (χ4v) is 1.24. The van der Waals surface area contributed by atoms with E-state index in [1.54, 1.807) is 12.1 Å². The number of nitrogens with two attached hydrogens (primary N) is 1. The van der Waals surface area contributed by atoms with Crippen molar-refractivity contribution in [3.8, 4) is 0 Å². The molecule has 4 nitrogen and oxygen atoms in total. The van der Waals surface area contributed by atoms with Gasteiger partial charge in [0.25, 0.3) is 6.01 Å². The highest BCUT2D eigenvalue weighted by Gasteiger charge is 2.07. The first-order valence-corrected chi connectivity index (χ1v) is 4.89. The number of anilines is 2. The van der Waals surface area contributed by atoms with Crippen molar-refractivity contribution in [2.45, 2.75) is 13.0 Å². The van der Waals surface area contributed by atoms with Crippen LogP contribution >= 0.6 is 0 Å². The summed E-state index contributed by atoms with van der Waals surface area (Å²) in [5, 5.41) is 2.85. The summed E-state index contributed by atoms with van der Waals surface area (Å²) in [6.07, 6.45) is 1.48. The van der Waals surface area contributed by atoms with E-state index in [4.69, 9.17) is 10.2 Å². The molecule has 1 aromatic heterocycles. The molecule has 1 heterocycles. The first-order valence-electron chi connectivity index (χ1n) is 4.89. The lowest BCUT2D eigenvalue weighted by atomic mass is 10.3. The summed E-state index contributed by atoms with van der Waals surface area (Å²) in [5.74, 6) is -0.316. The Kier molecular flexibility index (Phi) is 2.87. The van der Waals surface area contributed by atoms with Crippen molar-refractivity contribution in [2.75, 3.05) is 5.32 Å². The summed E-state index contributed by atoms with van der Waals surface area (Å²) in [6, 6.07) is 6.17. The number of hydrogen-bond acceptors (Lipinski definition) is 4. The zero-order chi connectivity index (χ0) is 11.5. The van der Waals surface area contributed by atoms with E-state index < -0.39 is 0 Å². The van der Waals surface area contributed by atoms with Crippen LogP contribution in [0.3, 0.4) is 0 Å². The van der Waals surface area contributed by atoms with Crippen LogP contribution in [-0.4, -0.2) is 4.98 Å². The van der Waals surface area contributed by atoms with Gasteiger partial charge in [-0.2, -0.15) is 4.98 Å². The molecule has 84 valence electrons. The van der Waals surface area contributed by atoms with Gasteiger partial charge in [-0.05, 0) is 25.1 Å². The molecule has 1 atom stereocenters. The van der Waals surface area contributed by atoms with Gasteiger partial charge in [-0.1, -0.05) is 6.07 Å². The maximum atomic E-state index is 12.9. The first-order chi connectivity index (χ1) is 7.65. The molecule has 0 radical (unpaired) electrons. The SMILES string of the molecule is CC(N)c1coc(Nc2cccc(F)c2)n1. The minimum Gasteiger partial charge on any atom is -0.432 e. The summed E-state index contributed by atoms with van der Waals surface area (Å²) in [6.45, 7) is 1.81. The van der Waals surface area contributed by atoms with Gasteiger partial charge < -0.3 is 15.5 Å². The van der Waals surface area contributed by atoms with Gasteiger partial charge in [0.1, 0.15) is 12.1 Å². The minimum atomic E-state index is -0.316. The van der Waals surface area contributed by atoms with E-state index in [0.717, 1.165) is 0 Å². The van der Waals surface area contributed by atoms with Crippen molar-refractivity contribution in [1.29, 1.82) is 0 Å². The van der Waals surface area contributed by atoms with Gasteiger partial charge in [-0.25, -0.2) is 4.39 Å². The van der Waals surface area contributed by atoms with Gasteiger partial charge in [0, 0.05) is 11.7 Å². The lowest BCUT2D eigenvalue weighted by Gasteiger charge is -2.00. The highest BCUT2D eigenvalue weighted by molar-refractivity contribution is 5.51. The largest absolute Gasteiger partial charge is 0.432 e. The van der Waals surface area contributed by atoms with Gasteiger partial charge in [0.15, 0.2) is 0 Å². The number of nitrogens with zero attached hydrogens (tertiary/aromatic N) is 1. The van der Waals surface area contributed by atoms with Crippen molar-refractivity contribution >= 4 is 11.7 Å². The molecule has 5 heteroatoms. The first kappa shape index (κ1) is 10.6. The summed E-state index contributed by atoms with van der Waals surface area (Å²) >= 11 is 0. The molecular formula is C11H12FN3O. The molecule has 0 aliphatic carbocycles. The molecule has 0 aliphatic rings. The molecule has 1 aromatic carbocycles. The van der Waals surface area contributed by atoms with Crippen LogP contribution in [0.25, 0.3) is 0 Å². The van der Waals surface area contributed by atoms with Crippen LogP contribution in [0.15, 0.2) is 34.9 Å². The van der Waals surface area contributed by atoms with Crippen LogP contribution in [0.1, 0.15) is 18.7 Å². The molecule has 3 N–H and O–H groups in total. The van der Waals surface area contributed by atoms with Gasteiger partial charge >= 0.3 is 0 Å². The third-order valence-corrected chi connectivity index (χ3v) is 2.06. The minimum absolute atomic E-state index is 0.188. The molecule has 0 aliphatic heterocycles. The lowest BCUT2D eigenvalue weighted by molar-refractivity contribution is 0.573. The third-order valence-electron chi connectivity index (χ3n) is 2.06. The Morgan fingerprint density at radius 1 is 1.50 bits per heavy atom. The van der Waals surface area contributed by atoms with Gasteiger partial charge in [0.2, 0.25) is 0 Å². The van der Waals surface area contributed by atoms with Crippen LogP contribution in [-0.2, 0) is 0 Å². The smallest absolute Gasteiger partial charge is 0.299 e. The summed E-state index contributed by atoms with van der Waals surface area (Å²) in [7, 11) is 0. The highest BCUT2D eigenvalue weighted by atomic mass is 19.1. The van der Waals surface area contributed by atoms with Crippen molar-refractivity contribution in [1.82, 2.24) is 4.98 Å². The Labute approximate surface area is 92.3 Å². The molecule has 0 saturated carbocycles. The van der Waals surface area contributed by atoms with Crippen LogP contribution in [0, 0.1) is 5.82 Å². The molecule has 0 bridgehead atoms. The second kappa shape index (κ2) is 4.32. The molecular weight excluding hydrogens is 209 g/mol. The van der Waals surface area contributed by atoms with Crippen LogP contribution in [0.2, 0.25) is 0 Å². The van der Waals surface area contributed by atoms with Gasteiger partial charge in [-0.3, -0.25) is 0 Å². The average molecular weight is 221 g/mol. The highest BCUT2D eigenvalue weighted by Crippen LogP contribution is 2.18. The zero-order valence-corrected chi connectivity index (χ0v) is 8.77. The summed E-state index contributed by atoms with van der Waals surface area (Å²) in [4.78, 5) is 4.11. The van der Waals surface area contributed by atoms with E-state index >= 15 is 0 Å². The van der Waals surface area contributed by atoms with Crippen molar-refractivity contribution in [2.24, 2.45) is 5.73 Å². The third kappa shape index (κ3) is 2.38. The van der Waals surface area contributed by atoms with Crippen LogP contribution < -0.4 is 11.1 Å². The Morgan fingerprint density at radius 2 is 2.31 bits per heavy atom. The maximum Gasteiger partial charge on any atom is 0.299 e. The number of nitrogens with one attached hydrogen (secondary N) is 1. The predicted molar refractivity (Wildman–Crippen MR) is 58.8 cm³/mol. The number of aromatic nitrogens is 1. The van der Waals surface area contributed by atoms with E-state index in [2.05, 4.69) is 10.3 Å². The molecule has 2 rings (SSSR count). The number of hydrogen-bond donors (Lipinski definition) is 2. The van der Waals surface area contributed by atoms with Gasteiger partial charge in [-0.15, -0.1) is 0 Å². The van der Waals surface area contributed by atoms with Crippen LogP contribution in [0.5, 0.6) is 0 Å². The molecule has 0 amide bonds. The predicted octanol–water partition coefficient (Wildman–Crippen LogP) is 2.58. The fraction of sp³-hybridized carbons (Fsp3) is 0.182. The molecule has 0 saturated heterocycles. The zero-order valence-electron chi connectivity index (χ0n) is 8.77. The van der Waals surface area contributed by atoms with E-state index in [1.165, 1.54) is 18.4 Å². The van der Waals surface area contributed by atoms with Crippen molar-refractivity contribution < 1.29 is 8.81 Å². The van der Waals surface area contributed by atoms with E-state index in [0.29, 0.717) is 17.4 Å². The average Bonchev–Trinajstić information content (AvgIpc) is 2.66. The van der Waals surface area contributed by atoms with E-state index in [1.807, 2.05) is 6.92 Å². The Bertz CT molecular complexity index is 482. The van der Waals surface area contributed by atoms with Gasteiger partial charge in [0.05, 0.1) is 5.69 Å². The van der Waals surface area contributed by atoms with Crippen LogP contribution in [0.4, 0.5) is 16.1 Å². The monoisotopic (exact) mass is 221 g/mol. The Balaban J connectivity index is 2.14. The van der Waals surface area contributed by atoms with E-state index in [-0.39, 0.29) is 11.9 Å². The summed E-state index contributed by atoms with van der Waals surface area (Å²) < 4.78 is 18.0. The number of halogens is 1.